The summed E-state index contributed by atoms with van der Waals surface area (Å²) in [6, 6.07) is 3.26. The normalized spacial score (nSPS) is 24.9. The third-order valence-electron chi connectivity index (χ3n) is 4.11. The Morgan fingerprint density at radius 2 is 1.91 bits per heavy atom. The van der Waals surface area contributed by atoms with Crippen LogP contribution in [0.1, 0.15) is 25.3 Å². The van der Waals surface area contributed by atoms with Crippen molar-refractivity contribution in [2.24, 2.45) is 5.73 Å². The van der Waals surface area contributed by atoms with E-state index in [2.05, 4.69) is 0 Å². The number of piperidine rings is 1. The van der Waals surface area contributed by atoms with Crippen LogP contribution >= 0.6 is 12.4 Å². The third kappa shape index (κ3) is 2.90. The third-order valence-corrected chi connectivity index (χ3v) is 6.27. The number of benzene rings is 1. The van der Waals surface area contributed by atoms with Crippen LogP contribution in [0.5, 0.6) is 11.5 Å². The molecule has 0 radical (unpaired) electrons. The number of nitrogens with two attached hydrogens (primary N) is 1. The van der Waals surface area contributed by atoms with E-state index < -0.39 is 10.0 Å². The number of hydrogen-bond donors (Lipinski definition) is 1. The topological polar surface area (TPSA) is 81.9 Å². The van der Waals surface area contributed by atoms with E-state index in [4.69, 9.17) is 15.2 Å². The van der Waals surface area contributed by atoms with Gasteiger partial charge in [-0.05, 0) is 38.3 Å². The molecule has 0 aromatic heterocycles. The van der Waals surface area contributed by atoms with Crippen molar-refractivity contribution in [2.75, 3.05) is 13.3 Å². The fourth-order valence-corrected chi connectivity index (χ4v) is 4.85. The summed E-state index contributed by atoms with van der Waals surface area (Å²) < 4.78 is 37.9. The predicted octanol–water partition coefficient (Wildman–Crippen LogP) is 1.65. The summed E-state index contributed by atoms with van der Waals surface area (Å²) in [5.41, 5.74) is 6.58. The molecule has 22 heavy (non-hydrogen) atoms. The standard InChI is InChI=1S/C14H20N2O4S.ClH/c1-9-5-12-13(20-8-19-12)7-14(9)21(17,18)16-4-3-11(15)6-10(16)2;/h5,7,10-11H,3-4,6,8,15H2,1-2H3;1H. The van der Waals surface area contributed by atoms with Gasteiger partial charge in [-0.1, -0.05) is 0 Å². The zero-order valence-corrected chi connectivity index (χ0v) is 14.2. The van der Waals surface area contributed by atoms with Gasteiger partial charge in [0.1, 0.15) is 0 Å². The van der Waals surface area contributed by atoms with Crippen LogP contribution in [0, 0.1) is 6.92 Å². The molecule has 0 aliphatic carbocycles. The minimum atomic E-state index is -3.54. The summed E-state index contributed by atoms with van der Waals surface area (Å²) >= 11 is 0. The molecular formula is C14H21ClN2O4S. The van der Waals surface area contributed by atoms with Crippen LogP contribution in [0.2, 0.25) is 0 Å². The molecule has 2 aliphatic heterocycles. The van der Waals surface area contributed by atoms with Gasteiger partial charge in [-0.2, -0.15) is 4.31 Å². The molecular weight excluding hydrogens is 328 g/mol. The molecule has 0 amide bonds. The molecule has 1 aromatic rings. The van der Waals surface area contributed by atoms with Crippen LogP contribution in [0.15, 0.2) is 17.0 Å². The minimum absolute atomic E-state index is 0. The highest BCUT2D eigenvalue weighted by Gasteiger charge is 2.35. The van der Waals surface area contributed by atoms with Crippen LogP contribution in [-0.4, -0.2) is 38.1 Å². The smallest absolute Gasteiger partial charge is 0.243 e. The van der Waals surface area contributed by atoms with E-state index in [-0.39, 0.29) is 36.2 Å². The monoisotopic (exact) mass is 348 g/mol. The summed E-state index contributed by atoms with van der Waals surface area (Å²) in [6.45, 7) is 4.26. The number of ether oxygens (including phenoxy) is 2. The Hall–Kier alpha value is -1.02. The van der Waals surface area contributed by atoms with Crippen molar-refractivity contribution in [2.45, 2.75) is 43.7 Å². The zero-order chi connectivity index (χ0) is 15.2. The molecule has 8 heteroatoms. The second-order valence-corrected chi connectivity index (χ2v) is 7.58. The van der Waals surface area contributed by atoms with Gasteiger partial charge in [0.05, 0.1) is 4.90 Å². The first-order valence-corrected chi connectivity index (χ1v) is 8.51. The quantitative estimate of drug-likeness (QED) is 0.878. The highest BCUT2D eigenvalue weighted by atomic mass is 35.5. The second kappa shape index (κ2) is 6.23. The van der Waals surface area contributed by atoms with Gasteiger partial charge in [0.25, 0.3) is 0 Å². The minimum Gasteiger partial charge on any atom is -0.454 e. The lowest BCUT2D eigenvalue weighted by molar-refractivity contribution is 0.174. The first-order valence-electron chi connectivity index (χ1n) is 7.07. The number of rotatable bonds is 2. The van der Waals surface area contributed by atoms with E-state index in [0.717, 1.165) is 0 Å². The lowest BCUT2D eigenvalue weighted by Crippen LogP contribution is -2.48. The van der Waals surface area contributed by atoms with Crippen molar-refractivity contribution >= 4 is 22.4 Å². The Labute approximate surface area is 137 Å². The molecule has 2 N–H and O–H groups in total. The Bertz CT molecular complexity index is 665. The van der Waals surface area contributed by atoms with Crippen molar-refractivity contribution in [3.05, 3.63) is 17.7 Å². The maximum absolute atomic E-state index is 12.9. The average molecular weight is 349 g/mol. The van der Waals surface area contributed by atoms with E-state index in [0.29, 0.717) is 36.4 Å². The first kappa shape index (κ1) is 17.3. The highest BCUT2D eigenvalue weighted by molar-refractivity contribution is 7.89. The van der Waals surface area contributed by atoms with Gasteiger partial charge in [-0.25, -0.2) is 8.42 Å². The predicted molar refractivity (Wildman–Crippen MR) is 85.1 cm³/mol. The van der Waals surface area contributed by atoms with Gasteiger partial charge >= 0.3 is 0 Å². The number of sulfonamides is 1. The maximum Gasteiger partial charge on any atom is 0.243 e. The van der Waals surface area contributed by atoms with E-state index in [1.807, 2.05) is 6.92 Å². The van der Waals surface area contributed by atoms with Crippen molar-refractivity contribution in [3.63, 3.8) is 0 Å². The number of halogens is 1. The van der Waals surface area contributed by atoms with Crippen molar-refractivity contribution in [1.29, 1.82) is 0 Å². The number of nitrogens with zero attached hydrogens (tertiary/aromatic N) is 1. The lowest BCUT2D eigenvalue weighted by atomic mass is 10.0. The van der Waals surface area contributed by atoms with Crippen molar-refractivity contribution < 1.29 is 17.9 Å². The molecule has 3 rings (SSSR count). The molecule has 1 aromatic carbocycles. The maximum atomic E-state index is 12.9. The largest absolute Gasteiger partial charge is 0.454 e. The number of hydrogen-bond acceptors (Lipinski definition) is 5. The molecule has 2 heterocycles. The van der Waals surface area contributed by atoms with E-state index in [1.54, 1.807) is 23.4 Å². The lowest BCUT2D eigenvalue weighted by Gasteiger charge is -2.35. The Morgan fingerprint density at radius 1 is 1.27 bits per heavy atom. The summed E-state index contributed by atoms with van der Waals surface area (Å²) in [5.74, 6) is 1.08. The molecule has 124 valence electrons. The van der Waals surface area contributed by atoms with Crippen molar-refractivity contribution in [3.8, 4) is 11.5 Å². The number of fused-ring (bicyclic) bond motifs is 1. The molecule has 2 atom stereocenters. The van der Waals surface area contributed by atoms with Crippen molar-refractivity contribution in [1.82, 2.24) is 4.31 Å². The molecule has 0 spiro atoms. The molecule has 6 nitrogen and oxygen atoms in total. The van der Waals surface area contributed by atoms with Gasteiger partial charge in [0.15, 0.2) is 11.5 Å². The van der Waals surface area contributed by atoms with Gasteiger partial charge in [0.2, 0.25) is 16.8 Å². The van der Waals surface area contributed by atoms with E-state index in [9.17, 15) is 8.42 Å². The Morgan fingerprint density at radius 3 is 2.55 bits per heavy atom. The van der Waals surface area contributed by atoms with Gasteiger partial charge in [0, 0.05) is 24.7 Å². The molecule has 0 saturated carbocycles. The fourth-order valence-electron chi connectivity index (χ4n) is 2.97. The summed E-state index contributed by atoms with van der Waals surface area (Å²) in [7, 11) is -3.54. The first-order chi connectivity index (χ1) is 9.89. The highest BCUT2D eigenvalue weighted by Crippen LogP contribution is 2.37. The van der Waals surface area contributed by atoms with E-state index >= 15 is 0 Å². The summed E-state index contributed by atoms with van der Waals surface area (Å²) in [4.78, 5) is 0.286. The fraction of sp³-hybridized carbons (Fsp3) is 0.571. The molecule has 2 aliphatic rings. The molecule has 1 saturated heterocycles. The van der Waals surface area contributed by atoms with Gasteiger partial charge < -0.3 is 15.2 Å². The molecule has 0 bridgehead atoms. The van der Waals surface area contributed by atoms with Crippen LogP contribution in [0.4, 0.5) is 0 Å². The van der Waals surface area contributed by atoms with E-state index in [1.165, 1.54) is 0 Å². The summed E-state index contributed by atoms with van der Waals surface area (Å²) in [5, 5.41) is 0. The second-order valence-electron chi connectivity index (χ2n) is 5.72. The summed E-state index contributed by atoms with van der Waals surface area (Å²) in [6.07, 6.45) is 1.37. The Kier molecular flexibility index (Phi) is 4.91. The van der Waals surface area contributed by atoms with Crippen LogP contribution in [0.3, 0.4) is 0 Å². The van der Waals surface area contributed by atoms with Gasteiger partial charge in [-0.15, -0.1) is 12.4 Å². The van der Waals surface area contributed by atoms with Crippen LogP contribution < -0.4 is 15.2 Å². The molecule has 1 fully saturated rings. The number of aryl methyl sites for hydroxylation is 1. The average Bonchev–Trinajstić information content (AvgIpc) is 2.84. The van der Waals surface area contributed by atoms with Gasteiger partial charge in [-0.3, -0.25) is 0 Å². The van der Waals surface area contributed by atoms with Crippen LogP contribution in [0.25, 0.3) is 0 Å². The SMILES string of the molecule is Cc1cc2c(cc1S(=O)(=O)N1CCC(N)CC1C)OCO2.Cl. The molecule has 2 unspecified atom stereocenters. The van der Waals surface area contributed by atoms with Crippen LogP contribution in [-0.2, 0) is 10.0 Å². The Balaban J connectivity index is 0.00000176. The zero-order valence-electron chi connectivity index (χ0n) is 12.6.